The highest BCUT2D eigenvalue weighted by Crippen LogP contribution is 2.22. The Bertz CT molecular complexity index is 964. The van der Waals surface area contributed by atoms with E-state index in [1.165, 1.54) is 19.2 Å². The standard InChI is InChI=1S/C23H29NO6S/c1-17(2)23(25)24(16-21-5-4-14-29-21)15-18-6-8-20(9-7-18)30-31(26,27)22-12-10-19(28-3)11-13-22/h6-13,17,21H,4-5,14-16H2,1-3H3/t21-/m0/s1. The molecule has 2 aromatic carbocycles. The molecular weight excluding hydrogens is 418 g/mol. The third-order valence-corrected chi connectivity index (χ3v) is 6.37. The topological polar surface area (TPSA) is 82.1 Å². The first-order valence-corrected chi connectivity index (χ1v) is 11.8. The molecule has 7 nitrogen and oxygen atoms in total. The molecule has 1 aliphatic rings. The maximum atomic E-state index is 12.6. The van der Waals surface area contributed by atoms with Crippen LogP contribution in [-0.4, -0.2) is 45.6 Å². The lowest BCUT2D eigenvalue weighted by Crippen LogP contribution is -2.39. The third kappa shape index (κ3) is 6.21. The van der Waals surface area contributed by atoms with Crippen LogP contribution in [0.3, 0.4) is 0 Å². The minimum absolute atomic E-state index is 0.0441. The fraction of sp³-hybridized carbons (Fsp3) is 0.435. The lowest BCUT2D eigenvalue weighted by Gasteiger charge is -2.27. The van der Waals surface area contributed by atoms with Crippen molar-refractivity contribution in [1.82, 2.24) is 4.90 Å². The molecule has 2 aromatic rings. The average Bonchev–Trinajstić information content (AvgIpc) is 3.27. The van der Waals surface area contributed by atoms with Crippen LogP contribution in [0.1, 0.15) is 32.3 Å². The molecule has 1 aliphatic heterocycles. The smallest absolute Gasteiger partial charge is 0.339 e. The Balaban J connectivity index is 1.67. The minimum atomic E-state index is -3.95. The van der Waals surface area contributed by atoms with Crippen LogP contribution in [-0.2, 0) is 26.2 Å². The highest BCUT2D eigenvalue weighted by atomic mass is 32.2. The second kappa shape index (κ2) is 10.2. The maximum absolute atomic E-state index is 12.6. The number of hydrogen-bond donors (Lipinski definition) is 0. The van der Waals surface area contributed by atoms with E-state index in [-0.39, 0.29) is 28.6 Å². The summed E-state index contributed by atoms with van der Waals surface area (Å²) < 4.78 is 41.0. The van der Waals surface area contributed by atoms with E-state index in [9.17, 15) is 13.2 Å². The number of amides is 1. The summed E-state index contributed by atoms with van der Waals surface area (Å²) in [6.07, 6.45) is 2.04. The van der Waals surface area contributed by atoms with Crippen LogP contribution < -0.4 is 8.92 Å². The molecule has 0 unspecified atom stereocenters. The Hall–Kier alpha value is -2.58. The molecule has 1 saturated heterocycles. The number of benzene rings is 2. The minimum Gasteiger partial charge on any atom is -0.497 e. The molecule has 1 atom stereocenters. The van der Waals surface area contributed by atoms with Gasteiger partial charge in [-0.2, -0.15) is 8.42 Å². The predicted octanol–water partition coefficient (Wildman–Crippen LogP) is 3.63. The van der Waals surface area contributed by atoms with Crippen LogP contribution in [0, 0.1) is 5.92 Å². The van der Waals surface area contributed by atoms with E-state index in [4.69, 9.17) is 13.7 Å². The van der Waals surface area contributed by atoms with Crippen molar-refractivity contribution in [2.75, 3.05) is 20.3 Å². The summed E-state index contributed by atoms with van der Waals surface area (Å²) >= 11 is 0. The van der Waals surface area contributed by atoms with Gasteiger partial charge in [-0.15, -0.1) is 0 Å². The van der Waals surface area contributed by atoms with Crippen molar-refractivity contribution in [3.05, 3.63) is 54.1 Å². The van der Waals surface area contributed by atoms with Gasteiger partial charge in [-0.3, -0.25) is 4.79 Å². The Morgan fingerprint density at radius 2 is 1.74 bits per heavy atom. The van der Waals surface area contributed by atoms with Gasteiger partial charge in [0.2, 0.25) is 5.91 Å². The maximum Gasteiger partial charge on any atom is 0.339 e. The molecule has 168 valence electrons. The fourth-order valence-corrected chi connectivity index (χ4v) is 4.35. The summed E-state index contributed by atoms with van der Waals surface area (Å²) in [5.41, 5.74) is 0.890. The molecule has 0 aliphatic carbocycles. The molecule has 1 amide bonds. The molecule has 8 heteroatoms. The van der Waals surface area contributed by atoms with Crippen LogP contribution in [0.4, 0.5) is 0 Å². The van der Waals surface area contributed by atoms with Gasteiger partial charge < -0.3 is 18.6 Å². The molecule has 3 rings (SSSR count). The van der Waals surface area contributed by atoms with Gasteiger partial charge in [0.05, 0.1) is 13.2 Å². The van der Waals surface area contributed by atoms with Crippen molar-refractivity contribution >= 4 is 16.0 Å². The van der Waals surface area contributed by atoms with Gasteiger partial charge in [0, 0.05) is 25.6 Å². The van der Waals surface area contributed by atoms with Crippen LogP contribution in [0.5, 0.6) is 11.5 Å². The summed E-state index contributed by atoms with van der Waals surface area (Å²) in [4.78, 5) is 14.5. The van der Waals surface area contributed by atoms with Crippen molar-refractivity contribution in [2.45, 2.75) is 44.2 Å². The first-order chi connectivity index (χ1) is 14.8. The molecule has 31 heavy (non-hydrogen) atoms. The van der Waals surface area contributed by atoms with Crippen LogP contribution in [0.15, 0.2) is 53.4 Å². The zero-order valence-corrected chi connectivity index (χ0v) is 18.9. The summed E-state index contributed by atoms with van der Waals surface area (Å²) in [5, 5.41) is 0. The van der Waals surface area contributed by atoms with Gasteiger partial charge in [-0.25, -0.2) is 0 Å². The van der Waals surface area contributed by atoms with Crippen molar-refractivity contribution in [3.63, 3.8) is 0 Å². The van der Waals surface area contributed by atoms with Gasteiger partial charge in [-0.1, -0.05) is 26.0 Å². The number of methoxy groups -OCH3 is 1. The second-order valence-corrected chi connectivity index (χ2v) is 9.41. The Morgan fingerprint density at radius 3 is 2.29 bits per heavy atom. The van der Waals surface area contributed by atoms with Crippen molar-refractivity contribution in [1.29, 1.82) is 0 Å². The Morgan fingerprint density at radius 1 is 1.10 bits per heavy atom. The number of hydrogen-bond acceptors (Lipinski definition) is 6. The first-order valence-electron chi connectivity index (χ1n) is 10.4. The first kappa shape index (κ1) is 23.1. The average molecular weight is 448 g/mol. The molecule has 0 spiro atoms. The molecule has 0 saturated carbocycles. The number of carbonyl (C=O) groups excluding carboxylic acids is 1. The van der Waals surface area contributed by atoms with Gasteiger partial charge in [0.25, 0.3) is 0 Å². The molecule has 1 fully saturated rings. The number of nitrogens with zero attached hydrogens (tertiary/aromatic N) is 1. The quantitative estimate of drug-likeness (QED) is 0.546. The predicted molar refractivity (Wildman–Crippen MR) is 116 cm³/mol. The van der Waals surface area contributed by atoms with E-state index in [1.807, 2.05) is 18.7 Å². The summed E-state index contributed by atoms with van der Waals surface area (Å²) in [5.74, 6) is 0.726. The molecule has 0 N–H and O–H groups in total. The van der Waals surface area contributed by atoms with Crippen molar-refractivity contribution < 1.29 is 26.9 Å². The van der Waals surface area contributed by atoms with E-state index in [1.54, 1.807) is 36.4 Å². The highest BCUT2D eigenvalue weighted by Gasteiger charge is 2.24. The normalized spacial score (nSPS) is 16.3. The van der Waals surface area contributed by atoms with Crippen molar-refractivity contribution in [3.8, 4) is 11.5 Å². The number of carbonyl (C=O) groups is 1. The lowest BCUT2D eigenvalue weighted by molar-refractivity contribution is -0.136. The number of ether oxygens (including phenoxy) is 2. The largest absolute Gasteiger partial charge is 0.497 e. The zero-order chi connectivity index (χ0) is 22.4. The second-order valence-electron chi connectivity index (χ2n) is 7.87. The Labute approximate surface area is 184 Å². The van der Waals surface area contributed by atoms with Crippen LogP contribution in [0.25, 0.3) is 0 Å². The number of rotatable bonds is 9. The van der Waals surface area contributed by atoms with Gasteiger partial charge in [0.1, 0.15) is 16.4 Å². The van der Waals surface area contributed by atoms with Crippen LogP contribution in [0.2, 0.25) is 0 Å². The van der Waals surface area contributed by atoms with Gasteiger partial charge >= 0.3 is 10.1 Å². The van der Waals surface area contributed by atoms with E-state index < -0.39 is 10.1 Å². The van der Waals surface area contributed by atoms with Crippen molar-refractivity contribution in [2.24, 2.45) is 5.92 Å². The molecular formula is C23H29NO6S. The van der Waals surface area contributed by atoms with Gasteiger partial charge in [-0.05, 0) is 54.8 Å². The van der Waals surface area contributed by atoms with E-state index in [2.05, 4.69) is 0 Å². The SMILES string of the molecule is COc1ccc(S(=O)(=O)Oc2ccc(CN(C[C@@H]3CCCO3)C(=O)C(C)C)cc2)cc1. The molecule has 0 aromatic heterocycles. The molecule has 0 bridgehead atoms. The Kier molecular flexibility index (Phi) is 7.56. The van der Waals surface area contributed by atoms with Gasteiger partial charge in [0.15, 0.2) is 0 Å². The molecule has 1 heterocycles. The van der Waals surface area contributed by atoms with E-state index in [0.29, 0.717) is 18.8 Å². The van der Waals surface area contributed by atoms with E-state index in [0.717, 1.165) is 25.0 Å². The lowest BCUT2D eigenvalue weighted by atomic mass is 10.1. The van der Waals surface area contributed by atoms with Crippen LogP contribution >= 0.6 is 0 Å². The molecule has 0 radical (unpaired) electrons. The third-order valence-electron chi connectivity index (χ3n) is 5.10. The summed E-state index contributed by atoms with van der Waals surface area (Å²) in [6, 6.07) is 12.7. The monoisotopic (exact) mass is 447 g/mol. The summed E-state index contributed by atoms with van der Waals surface area (Å²) in [7, 11) is -2.44. The highest BCUT2D eigenvalue weighted by molar-refractivity contribution is 7.87. The summed E-state index contributed by atoms with van der Waals surface area (Å²) in [6.45, 7) is 5.49. The van der Waals surface area contributed by atoms with E-state index >= 15 is 0 Å². The zero-order valence-electron chi connectivity index (χ0n) is 18.1. The fourth-order valence-electron chi connectivity index (χ4n) is 3.42.